The van der Waals surface area contributed by atoms with E-state index in [1.165, 1.54) is 18.2 Å². The number of anilines is 1. The minimum atomic E-state index is -0.378. The van der Waals surface area contributed by atoms with Crippen LogP contribution in [0.3, 0.4) is 0 Å². The van der Waals surface area contributed by atoms with E-state index in [1.54, 1.807) is 0 Å². The predicted molar refractivity (Wildman–Crippen MR) is 84.6 cm³/mol. The zero-order valence-corrected chi connectivity index (χ0v) is 13.9. The van der Waals surface area contributed by atoms with Gasteiger partial charge in [-0.1, -0.05) is 24.2 Å². The molecule has 0 amide bonds. The maximum absolute atomic E-state index is 5.75. The summed E-state index contributed by atoms with van der Waals surface area (Å²) in [6, 6.07) is 11.6. The van der Waals surface area contributed by atoms with Crippen LogP contribution in [-0.4, -0.2) is 34.7 Å². The third-order valence-electron chi connectivity index (χ3n) is 3.06. The monoisotopic (exact) mass is 281 g/mol. The van der Waals surface area contributed by atoms with Gasteiger partial charge in [0.1, 0.15) is 5.41 Å². The maximum Gasteiger partial charge on any atom is 0.142 e. The number of rotatable bonds is 10. The highest BCUT2D eigenvalue weighted by molar-refractivity contribution is 6.38. The smallest absolute Gasteiger partial charge is 0.142 e. The molecule has 1 N–H and O–H groups in total. The van der Waals surface area contributed by atoms with Crippen LogP contribution in [0, 0.1) is 0 Å². The zero-order valence-electron chi connectivity index (χ0n) is 12.4. The molecule has 0 spiro atoms. The van der Waals surface area contributed by atoms with E-state index in [2.05, 4.69) is 36.5 Å². The van der Waals surface area contributed by atoms with Gasteiger partial charge in [0.05, 0.1) is 9.52 Å². The predicted octanol–water partition coefficient (Wildman–Crippen LogP) is 2.82. The number of nitrogens with one attached hydrogen (secondary N) is 1. The molecular weight excluding hydrogens is 254 g/mol. The molecule has 4 heteroatoms. The van der Waals surface area contributed by atoms with Gasteiger partial charge in [-0.05, 0) is 39.3 Å². The average molecular weight is 281 g/mol. The van der Waals surface area contributed by atoms with Crippen molar-refractivity contribution < 1.29 is 9.47 Å². The molecule has 0 fully saturated rings. The minimum absolute atomic E-state index is 0.282. The Bertz CT molecular complexity index is 326. The van der Waals surface area contributed by atoms with Gasteiger partial charge in [-0.15, -0.1) is 0 Å². The molecule has 0 aliphatic heterocycles. The molecule has 0 atom stereocenters. The van der Waals surface area contributed by atoms with Gasteiger partial charge in [0.2, 0.25) is 0 Å². The third-order valence-corrected chi connectivity index (χ3v) is 5.23. The second kappa shape index (κ2) is 9.12. The average Bonchev–Trinajstić information content (AvgIpc) is 2.40. The molecule has 1 aromatic rings. The van der Waals surface area contributed by atoms with E-state index < -0.39 is 0 Å². The lowest BCUT2D eigenvalue weighted by molar-refractivity contribution is -0.163. The summed E-state index contributed by atoms with van der Waals surface area (Å²) in [4.78, 5) is 0. The van der Waals surface area contributed by atoms with Crippen LogP contribution in [0.1, 0.15) is 27.2 Å². The zero-order chi connectivity index (χ0) is 14.0. The van der Waals surface area contributed by atoms with E-state index in [4.69, 9.17) is 9.47 Å². The van der Waals surface area contributed by atoms with Crippen LogP contribution in [0.5, 0.6) is 0 Å². The minimum Gasteiger partial charge on any atom is -0.385 e. The standard InChI is InChI=1S/C15H27NO2Si/c1-4-17-15(3,18-5-2)19-13-9-12-16-14-10-7-6-8-11-14/h6-8,10-11,16H,4-5,9,12-13,19H2,1-3H3. The Morgan fingerprint density at radius 1 is 1.11 bits per heavy atom. The number of hydrogen-bond acceptors (Lipinski definition) is 3. The Balaban J connectivity index is 2.18. The van der Waals surface area contributed by atoms with Gasteiger partial charge in [0, 0.05) is 25.4 Å². The van der Waals surface area contributed by atoms with Crippen molar-refractivity contribution in [3.05, 3.63) is 30.3 Å². The van der Waals surface area contributed by atoms with Gasteiger partial charge in [-0.2, -0.15) is 0 Å². The highest BCUT2D eigenvalue weighted by Gasteiger charge is 2.24. The van der Waals surface area contributed by atoms with Crippen molar-refractivity contribution in [1.82, 2.24) is 0 Å². The first-order valence-corrected chi connectivity index (χ1v) is 8.97. The lowest BCUT2D eigenvalue weighted by Crippen LogP contribution is -2.39. The Kier molecular flexibility index (Phi) is 7.78. The van der Waals surface area contributed by atoms with Crippen molar-refractivity contribution in [2.45, 2.75) is 38.6 Å². The molecule has 1 aromatic carbocycles. The van der Waals surface area contributed by atoms with Crippen LogP contribution < -0.4 is 5.32 Å². The van der Waals surface area contributed by atoms with Crippen molar-refractivity contribution in [1.29, 1.82) is 0 Å². The quantitative estimate of drug-likeness (QED) is 0.406. The molecule has 0 bridgehead atoms. The van der Waals surface area contributed by atoms with Gasteiger partial charge >= 0.3 is 0 Å². The van der Waals surface area contributed by atoms with E-state index in [1.807, 2.05) is 19.9 Å². The van der Waals surface area contributed by atoms with Crippen molar-refractivity contribution in [2.75, 3.05) is 25.1 Å². The van der Waals surface area contributed by atoms with Gasteiger partial charge in [0.15, 0.2) is 0 Å². The second-order valence-electron chi connectivity index (χ2n) is 4.75. The first-order chi connectivity index (χ1) is 9.20. The van der Waals surface area contributed by atoms with Gasteiger partial charge in [0.25, 0.3) is 0 Å². The highest BCUT2D eigenvalue weighted by Crippen LogP contribution is 2.13. The summed E-state index contributed by atoms with van der Waals surface area (Å²) in [6.45, 7) is 8.63. The third kappa shape index (κ3) is 6.75. The number of ether oxygens (including phenoxy) is 2. The molecule has 0 aromatic heterocycles. The van der Waals surface area contributed by atoms with Crippen LogP contribution in [0.15, 0.2) is 30.3 Å². The normalized spacial score (nSPS) is 12.2. The molecule has 0 saturated heterocycles. The molecule has 0 aliphatic rings. The molecule has 1 rings (SSSR count). The van der Waals surface area contributed by atoms with E-state index in [-0.39, 0.29) is 14.9 Å². The Morgan fingerprint density at radius 3 is 2.32 bits per heavy atom. The summed E-state index contributed by atoms with van der Waals surface area (Å²) in [5.74, 6) is 0. The molecule has 0 radical (unpaired) electrons. The van der Waals surface area contributed by atoms with Gasteiger partial charge < -0.3 is 14.8 Å². The second-order valence-corrected chi connectivity index (χ2v) is 7.24. The largest absolute Gasteiger partial charge is 0.385 e. The van der Waals surface area contributed by atoms with Crippen molar-refractivity contribution in [3.8, 4) is 0 Å². The van der Waals surface area contributed by atoms with Crippen LogP contribution in [0.2, 0.25) is 6.04 Å². The first-order valence-electron chi connectivity index (χ1n) is 7.27. The summed E-state index contributed by atoms with van der Waals surface area (Å²) in [5.41, 5.74) is 0.914. The van der Waals surface area contributed by atoms with E-state index in [0.717, 1.165) is 19.8 Å². The molecule has 3 nitrogen and oxygen atoms in total. The fourth-order valence-electron chi connectivity index (χ4n) is 2.16. The molecule has 0 aliphatic carbocycles. The summed E-state index contributed by atoms with van der Waals surface area (Å²) < 4.78 is 11.5. The number of para-hydroxylation sites is 1. The Labute approximate surface area is 119 Å². The molecule has 108 valence electrons. The van der Waals surface area contributed by atoms with Crippen molar-refractivity contribution in [2.24, 2.45) is 0 Å². The summed E-state index contributed by atoms with van der Waals surface area (Å²) in [7, 11) is -0.378. The van der Waals surface area contributed by atoms with Gasteiger partial charge in [-0.25, -0.2) is 0 Å². The Morgan fingerprint density at radius 2 is 1.74 bits per heavy atom. The van der Waals surface area contributed by atoms with Crippen molar-refractivity contribution >= 4 is 15.2 Å². The molecular formula is C15H27NO2Si. The number of hydrogen-bond donors (Lipinski definition) is 1. The maximum atomic E-state index is 5.75. The molecule has 0 heterocycles. The lowest BCUT2D eigenvalue weighted by atomic mass is 10.3. The van der Waals surface area contributed by atoms with Gasteiger partial charge in [-0.3, -0.25) is 0 Å². The van der Waals surface area contributed by atoms with Crippen LogP contribution in [0.4, 0.5) is 5.69 Å². The van der Waals surface area contributed by atoms with E-state index >= 15 is 0 Å². The summed E-state index contributed by atoms with van der Waals surface area (Å²) in [5, 5.41) is 3.44. The first kappa shape index (κ1) is 16.2. The fourth-order valence-corrected chi connectivity index (χ4v) is 4.00. The van der Waals surface area contributed by atoms with E-state index in [9.17, 15) is 0 Å². The summed E-state index contributed by atoms with van der Waals surface area (Å²) in [6.07, 6.45) is 1.18. The van der Waals surface area contributed by atoms with E-state index in [0.29, 0.717) is 0 Å². The van der Waals surface area contributed by atoms with Crippen molar-refractivity contribution in [3.63, 3.8) is 0 Å². The number of benzene rings is 1. The fraction of sp³-hybridized carbons (Fsp3) is 0.600. The molecule has 0 saturated carbocycles. The highest BCUT2D eigenvalue weighted by atomic mass is 28.2. The lowest BCUT2D eigenvalue weighted by Gasteiger charge is -2.29. The Hall–Kier alpha value is -0.843. The van der Waals surface area contributed by atoms with Crippen LogP contribution in [0.25, 0.3) is 0 Å². The van der Waals surface area contributed by atoms with Crippen LogP contribution in [-0.2, 0) is 9.47 Å². The molecule has 19 heavy (non-hydrogen) atoms. The van der Waals surface area contributed by atoms with Crippen LogP contribution >= 0.6 is 0 Å². The topological polar surface area (TPSA) is 30.5 Å². The molecule has 0 unspecified atom stereocenters. The SMILES string of the molecule is CCOC(C)(OCC)[SiH2]CCCNc1ccccc1. The summed E-state index contributed by atoms with van der Waals surface area (Å²) >= 11 is 0.